The summed E-state index contributed by atoms with van der Waals surface area (Å²) in [7, 11) is 3.21. The molecule has 0 unspecified atom stereocenters. The van der Waals surface area contributed by atoms with Crippen molar-refractivity contribution in [3.05, 3.63) is 0 Å². The molecule has 0 atom stereocenters. The standard InChI is InChI=1S/C8H17NO3/c1-7(10)9-6-4-5-8(11-2)12-3/h8H,4-6H2,1-3H3,(H,9,10). The Hall–Kier alpha value is -0.610. The molecule has 0 aliphatic carbocycles. The maximum Gasteiger partial charge on any atom is 0.216 e. The van der Waals surface area contributed by atoms with Gasteiger partial charge in [0.1, 0.15) is 0 Å². The van der Waals surface area contributed by atoms with Gasteiger partial charge in [-0.2, -0.15) is 0 Å². The van der Waals surface area contributed by atoms with E-state index in [0.29, 0.717) is 6.54 Å². The third-order valence-electron chi connectivity index (χ3n) is 1.52. The average Bonchev–Trinajstić information content (AvgIpc) is 2.04. The highest BCUT2D eigenvalue weighted by Crippen LogP contribution is 2.00. The lowest BCUT2D eigenvalue weighted by atomic mass is 10.3. The van der Waals surface area contributed by atoms with Gasteiger partial charge in [-0.05, 0) is 6.42 Å². The topological polar surface area (TPSA) is 47.6 Å². The zero-order valence-electron chi connectivity index (χ0n) is 7.92. The van der Waals surface area contributed by atoms with Gasteiger partial charge in [0.2, 0.25) is 5.91 Å². The summed E-state index contributed by atoms with van der Waals surface area (Å²) in [5.41, 5.74) is 0. The molecule has 4 nitrogen and oxygen atoms in total. The Balaban J connectivity index is 3.23. The van der Waals surface area contributed by atoms with E-state index in [1.165, 1.54) is 6.92 Å². The molecular weight excluding hydrogens is 158 g/mol. The van der Waals surface area contributed by atoms with E-state index in [-0.39, 0.29) is 12.2 Å². The number of ether oxygens (including phenoxy) is 2. The highest BCUT2D eigenvalue weighted by molar-refractivity contribution is 5.72. The van der Waals surface area contributed by atoms with Crippen LogP contribution in [0.1, 0.15) is 19.8 Å². The highest BCUT2D eigenvalue weighted by Gasteiger charge is 2.03. The van der Waals surface area contributed by atoms with Crippen molar-refractivity contribution in [1.29, 1.82) is 0 Å². The molecule has 0 saturated heterocycles. The molecule has 0 aromatic rings. The third-order valence-corrected chi connectivity index (χ3v) is 1.52. The molecule has 0 aromatic carbocycles. The van der Waals surface area contributed by atoms with Crippen LogP contribution in [-0.2, 0) is 14.3 Å². The molecule has 0 aromatic heterocycles. The molecule has 0 spiro atoms. The summed E-state index contributed by atoms with van der Waals surface area (Å²) in [6.07, 6.45) is 1.51. The van der Waals surface area contributed by atoms with Gasteiger partial charge >= 0.3 is 0 Å². The van der Waals surface area contributed by atoms with Crippen LogP contribution in [0.4, 0.5) is 0 Å². The smallest absolute Gasteiger partial charge is 0.216 e. The number of hydrogen-bond acceptors (Lipinski definition) is 3. The van der Waals surface area contributed by atoms with Crippen molar-refractivity contribution in [3.8, 4) is 0 Å². The lowest BCUT2D eigenvalue weighted by Crippen LogP contribution is -2.22. The minimum absolute atomic E-state index is 0.00128. The van der Waals surface area contributed by atoms with Crippen LogP contribution in [0.5, 0.6) is 0 Å². The average molecular weight is 175 g/mol. The second kappa shape index (κ2) is 7.06. The number of carbonyl (C=O) groups excluding carboxylic acids is 1. The molecule has 1 amide bonds. The summed E-state index contributed by atoms with van der Waals surface area (Å²) in [6.45, 7) is 2.18. The Morgan fingerprint density at radius 2 is 2.00 bits per heavy atom. The highest BCUT2D eigenvalue weighted by atomic mass is 16.7. The fourth-order valence-corrected chi connectivity index (χ4v) is 0.865. The van der Waals surface area contributed by atoms with Crippen LogP contribution in [0.2, 0.25) is 0 Å². The lowest BCUT2D eigenvalue weighted by Gasteiger charge is -2.12. The summed E-state index contributed by atoms with van der Waals surface area (Å²) in [6, 6.07) is 0. The Labute approximate surface area is 73.2 Å². The first-order valence-electron chi connectivity index (χ1n) is 4.00. The van der Waals surface area contributed by atoms with Gasteiger partial charge in [-0.25, -0.2) is 0 Å². The monoisotopic (exact) mass is 175 g/mol. The predicted octanol–water partition coefficient (Wildman–Crippen LogP) is 0.522. The van der Waals surface area contributed by atoms with E-state index in [4.69, 9.17) is 9.47 Å². The minimum Gasteiger partial charge on any atom is -0.356 e. The number of carbonyl (C=O) groups is 1. The van der Waals surface area contributed by atoms with E-state index in [9.17, 15) is 4.79 Å². The van der Waals surface area contributed by atoms with Crippen LogP contribution in [0.15, 0.2) is 0 Å². The number of methoxy groups -OCH3 is 2. The van der Waals surface area contributed by atoms with Gasteiger partial charge in [0, 0.05) is 34.1 Å². The number of hydrogen-bond donors (Lipinski definition) is 1. The van der Waals surface area contributed by atoms with Gasteiger partial charge in [0.15, 0.2) is 6.29 Å². The molecule has 0 aliphatic rings. The fourth-order valence-electron chi connectivity index (χ4n) is 0.865. The maximum atomic E-state index is 10.5. The molecule has 0 rings (SSSR count). The van der Waals surface area contributed by atoms with E-state index in [2.05, 4.69) is 5.32 Å². The Kier molecular flexibility index (Phi) is 6.70. The van der Waals surface area contributed by atoms with Crippen LogP contribution in [0, 0.1) is 0 Å². The molecule has 0 fully saturated rings. The van der Waals surface area contributed by atoms with Crippen LogP contribution < -0.4 is 5.32 Å². The molecule has 0 heterocycles. The summed E-state index contributed by atoms with van der Waals surface area (Å²) in [4.78, 5) is 10.5. The second-order valence-corrected chi connectivity index (χ2v) is 2.53. The zero-order chi connectivity index (χ0) is 9.40. The van der Waals surface area contributed by atoms with Gasteiger partial charge in [-0.15, -0.1) is 0 Å². The van der Waals surface area contributed by atoms with Crippen molar-refractivity contribution in [3.63, 3.8) is 0 Å². The number of nitrogens with one attached hydrogen (secondary N) is 1. The van der Waals surface area contributed by atoms with Gasteiger partial charge < -0.3 is 14.8 Å². The normalized spacial score (nSPS) is 10.3. The first-order chi connectivity index (χ1) is 5.70. The molecule has 4 heteroatoms. The van der Waals surface area contributed by atoms with Crippen molar-refractivity contribution >= 4 is 5.91 Å². The molecule has 1 N–H and O–H groups in total. The van der Waals surface area contributed by atoms with E-state index in [1.54, 1.807) is 14.2 Å². The van der Waals surface area contributed by atoms with Crippen molar-refractivity contribution < 1.29 is 14.3 Å². The Bertz CT molecular complexity index is 123. The van der Waals surface area contributed by atoms with Gasteiger partial charge in [0.05, 0.1) is 0 Å². The lowest BCUT2D eigenvalue weighted by molar-refractivity contribution is -0.119. The SMILES string of the molecule is COC(CCCNC(C)=O)OC. The van der Waals surface area contributed by atoms with Crippen molar-refractivity contribution in [2.75, 3.05) is 20.8 Å². The zero-order valence-corrected chi connectivity index (χ0v) is 7.92. The maximum absolute atomic E-state index is 10.5. The summed E-state index contributed by atoms with van der Waals surface area (Å²) in [5, 5.41) is 2.70. The molecule has 0 saturated carbocycles. The van der Waals surface area contributed by atoms with Crippen molar-refractivity contribution in [2.45, 2.75) is 26.1 Å². The molecule has 0 aliphatic heterocycles. The summed E-state index contributed by atoms with van der Waals surface area (Å²) in [5.74, 6) is 0.00128. The van der Waals surface area contributed by atoms with E-state index >= 15 is 0 Å². The van der Waals surface area contributed by atoms with E-state index < -0.39 is 0 Å². The Morgan fingerprint density at radius 3 is 2.42 bits per heavy atom. The van der Waals surface area contributed by atoms with Crippen LogP contribution >= 0.6 is 0 Å². The molecule has 12 heavy (non-hydrogen) atoms. The molecule has 72 valence electrons. The Morgan fingerprint density at radius 1 is 1.42 bits per heavy atom. The van der Waals surface area contributed by atoms with Crippen molar-refractivity contribution in [2.24, 2.45) is 0 Å². The van der Waals surface area contributed by atoms with Gasteiger partial charge in [-0.1, -0.05) is 0 Å². The summed E-state index contributed by atoms with van der Waals surface area (Å²) >= 11 is 0. The van der Waals surface area contributed by atoms with Crippen LogP contribution in [0.25, 0.3) is 0 Å². The minimum atomic E-state index is -0.154. The fraction of sp³-hybridized carbons (Fsp3) is 0.875. The van der Waals surface area contributed by atoms with Gasteiger partial charge in [-0.3, -0.25) is 4.79 Å². The van der Waals surface area contributed by atoms with Crippen LogP contribution in [-0.4, -0.2) is 33.0 Å². The summed E-state index contributed by atoms with van der Waals surface area (Å²) < 4.78 is 9.94. The number of rotatable bonds is 6. The molecular formula is C8H17NO3. The number of amides is 1. The van der Waals surface area contributed by atoms with E-state index in [1.807, 2.05) is 0 Å². The first-order valence-corrected chi connectivity index (χ1v) is 4.00. The molecule has 0 bridgehead atoms. The van der Waals surface area contributed by atoms with Gasteiger partial charge in [0.25, 0.3) is 0 Å². The van der Waals surface area contributed by atoms with E-state index in [0.717, 1.165) is 12.8 Å². The third kappa shape index (κ3) is 6.12. The quantitative estimate of drug-likeness (QED) is 0.473. The predicted molar refractivity (Wildman–Crippen MR) is 45.7 cm³/mol. The molecule has 0 radical (unpaired) electrons. The van der Waals surface area contributed by atoms with Crippen LogP contribution in [0.3, 0.4) is 0 Å². The second-order valence-electron chi connectivity index (χ2n) is 2.53. The van der Waals surface area contributed by atoms with Crippen molar-refractivity contribution in [1.82, 2.24) is 5.32 Å². The first kappa shape index (κ1) is 11.4. The largest absolute Gasteiger partial charge is 0.356 e.